The number of aliphatic imine (C=N–C) groups is 1. The average Bonchev–Trinajstić information content (AvgIpc) is 2.65. The molecular formula is C10H10BrN5. The molecule has 0 saturated heterocycles. The molecule has 1 aromatic rings. The Morgan fingerprint density at radius 2 is 2.44 bits per heavy atom. The van der Waals surface area contributed by atoms with E-state index < -0.39 is 0 Å². The van der Waals surface area contributed by atoms with E-state index >= 15 is 0 Å². The second-order valence-electron chi connectivity index (χ2n) is 3.37. The molecule has 16 heavy (non-hydrogen) atoms. The highest BCUT2D eigenvalue weighted by atomic mass is 79.9. The fourth-order valence-corrected chi connectivity index (χ4v) is 2.17. The highest BCUT2D eigenvalue weighted by Crippen LogP contribution is 2.35. The van der Waals surface area contributed by atoms with E-state index in [1.54, 1.807) is 6.19 Å². The molecule has 0 radical (unpaired) electrons. The number of anilines is 1. The zero-order valence-corrected chi connectivity index (χ0v) is 10.0. The monoisotopic (exact) mass is 279 g/mol. The molecule has 1 aromatic carbocycles. The van der Waals surface area contributed by atoms with E-state index in [4.69, 9.17) is 11.0 Å². The van der Waals surface area contributed by atoms with Gasteiger partial charge in [0.05, 0.1) is 11.4 Å². The van der Waals surface area contributed by atoms with Crippen molar-refractivity contribution in [2.75, 3.05) is 11.9 Å². The average molecular weight is 280 g/mol. The lowest BCUT2D eigenvalue weighted by atomic mass is 10.1. The lowest BCUT2D eigenvalue weighted by molar-refractivity contribution is 1.10. The SMILES string of the molecule is N#CNC(N)=Nc1cc(Br)cc2c1NCC2. The molecule has 1 aliphatic heterocycles. The first kappa shape index (κ1) is 10.8. The zero-order chi connectivity index (χ0) is 11.5. The fraction of sp³-hybridized carbons (Fsp3) is 0.200. The summed E-state index contributed by atoms with van der Waals surface area (Å²) in [7, 11) is 0. The summed E-state index contributed by atoms with van der Waals surface area (Å²) in [5, 5.41) is 14.0. The normalized spacial score (nSPS) is 13.9. The largest absolute Gasteiger partial charge is 0.383 e. The van der Waals surface area contributed by atoms with Crippen LogP contribution in [0.5, 0.6) is 0 Å². The maximum Gasteiger partial charge on any atom is 0.207 e. The molecule has 1 aliphatic rings. The summed E-state index contributed by atoms with van der Waals surface area (Å²) in [4.78, 5) is 4.15. The molecule has 4 N–H and O–H groups in total. The number of halogens is 1. The van der Waals surface area contributed by atoms with Gasteiger partial charge in [0.15, 0.2) is 6.19 Å². The predicted molar refractivity (Wildman–Crippen MR) is 66.4 cm³/mol. The van der Waals surface area contributed by atoms with Gasteiger partial charge in [-0.25, -0.2) is 4.99 Å². The van der Waals surface area contributed by atoms with Gasteiger partial charge in [0, 0.05) is 11.0 Å². The number of benzene rings is 1. The maximum absolute atomic E-state index is 8.42. The number of hydrogen-bond donors (Lipinski definition) is 3. The molecule has 5 nitrogen and oxygen atoms in total. The lowest BCUT2D eigenvalue weighted by Gasteiger charge is -2.06. The molecule has 0 fully saturated rings. The minimum Gasteiger partial charge on any atom is -0.383 e. The standard InChI is InChI=1S/C10H10BrN5/c11-7-3-6-1-2-14-9(6)8(4-7)16-10(13)15-5-12/h3-4,14H,1-2H2,(H3,13,15,16). The maximum atomic E-state index is 8.42. The number of rotatable bonds is 1. The van der Waals surface area contributed by atoms with Crippen molar-refractivity contribution in [2.45, 2.75) is 6.42 Å². The van der Waals surface area contributed by atoms with Crippen LogP contribution in [0.25, 0.3) is 0 Å². The van der Waals surface area contributed by atoms with Crippen LogP contribution in [0.15, 0.2) is 21.6 Å². The van der Waals surface area contributed by atoms with Crippen LogP contribution < -0.4 is 16.4 Å². The summed E-state index contributed by atoms with van der Waals surface area (Å²) in [5.74, 6) is 0.0940. The fourth-order valence-electron chi connectivity index (χ4n) is 1.67. The second-order valence-corrected chi connectivity index (χ2v) is 4.29. The molecule has 6 heteroatoms. The first-order valence-corrected chi connectivity index (χ1v) is 5.55. The first-order valence-electron chi connectivity index (χ1n) is 4.76. The zero-order valence-electron chi connectivity index (χ0n) is 8.42. The van der Waals surface area contributed by atoms with Gasteiger partial charge in [-0.05, 0) is 24.1 Å². The minimum atomic E-state index is 0.0940. The van der Waals surface area contributed by atoms with Crippen molar-refractivity contribution in [3.63, 3.8) is 0 Å². The number of nitriles is 1. The van der Waals surface area contributed by atoms with Gasteiger partial charge >= 0.3 is 0 Å². The van der Waals surface area contributed by atoms with Crippen LogP contribution in [-0.4, -0.2) is 12.5 Å². The molecule has 0 atom stereocenters. The smallest absolute Gasteiger partial charge is 0.207 e. The van der Waals surface area contributed by atoms with Crippen molar-refractivity contribution in [1.29, 1.82) is 5.26 Å². The van der Waals surface area contributed by atoms with Crippen molar-refractivity contribution < 1.29 is 0 Å². The van der Waals surface area contributed by atoms with Crippen LogP contribution in [-0.2, 0) is 6.42 Å². The van der Waals surface area contributed by atoms with Crippen LogP contribution in [0, 0.1) is 11.5 Å². The summed E-state index contributed by atoms with van der Waals surface area (Å²) >= 11 is 3.42. The molecule has 0 aromatic heterocycles. The quantitative estimate of drug-likeness (QED) is 0.314. The lowest BCUT2D eigenvalue weighted by Crippen LogP contribution is -2.26. The molecule has 0 amide bonds. The van der Waals surface area contributed by atoms with Crippen molar-refractivity contribution in [3.05, 3.63) is 22.2 Å². The topological polar surface area (TPSA) is 86.2 Å². The van der Waals surface area contributed by atoms with Crippen LogP contribution in [0.2, 0.25) is 0 Å². The molecule has 82 valence electrons. The van der Waals surface area contributed by atoms with Gasteiger partial charge in [-0.2, -0.15) is 5.26 Å². The first-order chi connectivity index (χ1) is 7.70. The van der Waals surface area contributed by atoms with Crippen LogP contribution in [0.4, 0.5) is 11.4 Å². The molecule has 1 heterocycles. The van der Waals surface area contributed by atoms with Crippen molar-refractivity contribution in [3.8, 4) is 6.19 Å². The Hall–Kier alpha value is -1.74. The van der Waals surface area contributed by atoms with Crippen molar-refractivity contribution >= 4 is 33.3 Å². The summed E-state index contributed by atoms with van der Waals surface area (Å²) in [6, 6.07) is 3.92. The number of hydrogen-bond acceptors (Lipinski definition) is 3. The van der Waals surface area contributed by atoms with Gasteiger partial charge < -0.3 is 11.1 Å². The molecule has 0 spiro atoms. The molecule has 0 saturated carbocycles. The Morgan fingerprint density at radius 3 is 3.19 bits per heavy atom. The van der Waals surface area contributed by atoms with Gasteiger partial charge in [-0.1, -0.05) is 15.9 Å². The highest BCUT2D eigenvalue weighted by Gasteiger charge is 2.15. The number of nitrogens with zero attached hydrogens (tertiary/aromatic N) is 2. The third-order valence-corrected chi connectivity index (χ3v) is 2.74. The van der Waals surface area contributed by atoms with E-state index in [9.17, 15) is 0 Å². The number of fused-ring (bicyclic) bond motifs is 1. The molecule has 0 bridgehead atoms. The predicted octanol–water partition coefficient (Wildman–Crippen LogP) is 1.43. The Kier molecular flexibility index (Phi) is 2.97. The van der Waals surface area contributed by atoms with Crippen LogP contribution in [0.1, 0.15) is 5.56 Å². The Labute approximate surface area is 101 Å². The van der Waals surface area contributed by atoms with Gasteiger partial charge in [0.25, 0.3) is 0 Å². The second kappa shape index (κ2) is 4.41. The number of guanidine groups is 1. The van der Waals surface area contributed by atoms with Crippen LogP contribution >= 0.6 is 15.9 Å². The van der Waals surface area contributed by atoms with Gasteiger partial charge in [-0.3, -0.25) is 5.32 Å². The van der Waals surface area contributed by atoms with E-state index in [-0.39, 0.29) is 5.96 Å². The molecule has 2 rings (SSSR count). The summed E-state index contributed by atoms with van der Waals surface area (Å²) < 4.78 is 0.957. The third kappa shape index (κ3) is 2.09. The number of nitrogens with two attached hydrogens (primary N) is 1. The molecule has 0 aliphatic carbocycles. The van der Waals surface area contributed by atoms with Crippen molar-refractivity contribution in [2.24, 2.45) is 10.7 Å². The summed E-state index contributed by atoms with van der Waals surface area (Å²) in [5.41, 5.74) is 8.47. The number of nitrogens with one attached hydrogen (secondary N) is 2. The van der Waals surface area contributed by atoms with Gasteiger partial charge in [-0.15, -0.1) is 0 Å². The summed E-state index contributed by atoms with van der Waals surface area (Å²) in [6.07, 6.45) is 2.71. The molecular weight excluding hydrogens is 270 g/mol. The van der Waals surface area contributed by atoms with E-state index in [1.165, 1.54) is 5.56 Å². The van der Waals surface area contributed by atoms with Crippen molar-refractivity contribution in [1.82, 2.24) is 5.32 Å². The molecule has 0 unspecified atom stereocenters. The van der Waals surface area contributed by atoms with Gasteiger partial charge in [0.2, 0.25) is 5.96 Å². The van der Waals surface area contributed by atoms with Crippen LogP contribution in [0.3, 0.4) is 0 Å². The van der Waals surface area contributed by atoms with E-state index in [1.807, 2.05) is 6.07 Å². The van der Waals surface area contributed by atoms with E-state index in [2.05, 4.69) is 37.6 Å². The van der Waals surface area contributed by atoms with Gasteiger partial charge in [0.1, 0.15) is 0 Å². The van der Waals surface area contributed by atoms with E-state index in [0.717, 1.165) is 28.8 Å². The Bertz CT molecular complexity index is 489. The van der Waals surface area contributed by atoms with E-state index in [0.29, 0.717) is 0 Å². The minimum absolute atomic E-state index is 0.0940. The Balaban J connectivity index is 2.42. The third-order valence-electron chi connectivity index (χ3n) is 2.28. The summed E-state index contributed by atoms with van der Waals surface area (Å²) in [6.45, 7) is 0.903. The Morgan fingerprint density at radius 1 is 1.62 bits per heavy atom. The highest BCUT2D eigenvalue weighted by molar-refractivity contribution is 9.10.